The van der Waals surface area contributed by atoms with Crippen LogP contribution in [0.15, 0.2) is 33.7 Å². The van der Waals surface area contributed by atoms with Crippen molar-refractivity contribution >= 4 is 34.2 Å². The Balaban J connectivity index is 1.69. The number of carbonyl (C=O) groups is 1. The van der Waals surface area contributed by atoms with Crippen molar-refractivity contribution in [3.63, 3.8) is 0 Å². The zero-order valence-electron chi connectivity index (χ0n) is 19.0. The SMILES string of the molecule is CCN(c1cc2occc2c(C(=O)NCc2c(OC)cc(C)[nH]c2=O)c1Cl)C1CCOCC1. The third-order valence-corrected chi connectivity index (χ3v) is 6.44. The fourth-order valence-electron chi connectivity index (χ4n) is 4.42. The molecular formula is C24H28ClN3O5. The molecule has 1 saturated heterocycles. The van der Waals surface area contributed by atoms with Crippen molar-refractivity contribution in [1.29, 1.82) is 0 Å². The number of benzene rings is 1. The summed E-state index contributed by atoms with van der Waals surface area (Å²) in [4.78, 5) is 30.7. The smallest absolute Gasteiger partial charge is 0.256 e. The number of aryl methyl sites for hydroxylation is 1. The molecule has 8 nitrogen and oxygen atoms in total. The standard InChI is InChI=1S/C24H28ClN3O5/c1-4-28(15-5-8-32-9-6-15)18-12-20-16(7-10-33-20)21(22(18)25)24(30)26-13-17-19(31-3)11-14(2)27-23(17)29/h7,10-12,15H,4-6,8-9,13H2,1-3H3,(H,26,30)(H,27,29). The van der Waals surface area contributed by atoms with Crippen LogP contribution in [-0.4, -0.2) is 43.8 Å². The molecule has 0 atom stereocenters. The van der Waals surface area contributed by atoms with E-state index in [9.17, 15) is 9.59 Å². The lowest BCUT2D eigenvalue weighted by atomic mass is 10.0. The Morgan fingerprint density at radius 3 is 2.79 bits per heavy atom. The van der Waals surface area contributed by atoms with Gasteiger partial charge in [-0.3, -0.25) is 9.59 Å². The number of amides is 1. The summed E-state index contributed by atoms with van der Waals surface area (Å²) in [5.74, 6) is 0.0276. The normalized spacial score (nSPS) is 14.4. The molecule has 1 amide bonds. The number of ether oxygens (including phenoxy) is 2. The Labute approximate surface area is 196 Å². The molecule has 0 saturated carbocycles. The Morgan fingerprint density at radius 2 is 2.09 bits per heavy atom. The van der Waals surface area contributed by atoms with Gasteiger partial charge in [-0.05, 0) is 38.8 Å². The first kappa shape index (κ1) is 23.2. The average molecular weight is 474 g/mol. The van der Waals surface area contributed by atoms with Crippen molar-refractivity contribution < 1.29 is 18.7 Å². The Morgan fingerprint density at radius 1 is 1.33 bits per heavy atom. The van der Waals surface area contributed by atoms with E-state index in [1.165, 1.54) is 7.11 Å². The minimum Gasteiger partial charge on any atom is -0.496 e. The van der Waals surface area contributed by atoms with E-state index in [1.807, 2.05) is 6.07 Å². The van der Waals surface area contributed by atoms with Crippen LogP contribution in [-0.2, 0) is 11.3 Å². The van der Waals surface area contributed by atoms with Crippen molar-refractivity contribution in [2.24, 2.45) is 0 Å². The van der Waals surface area contributed by atoms with Gasteiger partial charge in [-0.1, -0.05) is 11.6 Å². The number of methoxy groups -OCH3 is 1. The van der Waals surface area contributed by atoms with E-state index in [-0.39, 0.29) is 18.1 Å². The number of halogens is 1. The molecule has 1 fully saturated rings. The molecule has 0 unspecified atom stereocenters. The maximum Gasteiger partial charge on any atom is 0.256 e. The third kappa shape index (κ3) is 4.58. The molecule has 0 radical (unpaired) electrons. The second-order valence-corrected chi connectivity index (χ2v) is 8.44. The molecule has 176 valence electrons. The van der Waals surface area contributed by atoms with Crippen LogP contribution in [0.4, 0.5) is 5.69 Å². The van der Waals surface area contributed by atoms with Crippen LogP contribution in [0.25, 0.3) is 11.0 Å². The maximum atomic E-state index is 13.3. The van der Waals surface area contributed by atoms with Gasteiger partial charge in [-0.15, -0.1) is 0 Å². The lowest BCUT2D eigenvalue weighted by Crippen LogP contribution is -2.39. The molecule has 0 aliphatic carbocycles. The van der Waals surface area contributed by atoms with E-state index in [4.69, 9.17) is 25.5 Å². The summed E-state index contributed by atoms with van der Waals surface area (Å²) in [5.41, 5.74) is 2.36. The first-order valence-corrected chi connectivity index (χ1v) is 11.4. The van der Waals surface area contributed by atoms with E-state index in [0.29, 0.717) is 51.8 Å². The highest BCUT2D eigenvalue weighted by molar-refractivity contribution is 6.38. The summed E-state index contributed by atoms with van der Waals surface area (Å²) >= 11 is 6.86. The van der Waals surface area contributed by atoms with E-state index in [0.717, 1.165) is 25.1 Å². The van der Waals surface area contributed by atoms with Crippen LogP contribution in [0.5, 0.6) is 5.75 Å². The zero-order chi connectivity index (χ0) is 23.5. The molecule has 1 aliphatic heterocycles. The lowest BCUT2D eigenvalue weighted by Gasteiger charge is -2.36. The number of anilines is 1. The summed E-state index contributed by atoms with van der Waals surface area (Å²) in [5, 5.41) is 3.81. The maximum absolute atomic E-state index is 13.3. The number of carbonyl (C=O) groups excluding carboxylic acids is 1. The van der Waals surface area contributed by atoms with Gasteiger partial charge in [0, 0.05) is 42.9 Å². The second-order valence-electron chi connectivity index (χ2n) is 8.06. The van der Waals surface area contributed by atoms with Gasteiger partial charge >= 0.3 is 0 Å². The van der Waals surface area contributed by atoms with Crippen LogP contribution < -0.4 is 20.5 Å². The number of nitrogens with one attached hydrogen (secondary N) is 2. The second kappa shape index (κ2) is 9.89. The van der Waals surface area contributed by atoms with Gasteiger partial charge < -0.3 is 29.1 Å². The first-order chi connectivity index (χ1) is 15.9. The largest absolute Gasteiger partial charge is 0.496 e. The minimum atomic E-state index is -0.390. The Kier molecular flexibility index (Phi) is 6.95. The molecule has 2 aromatic heterocycles. The fourth-order valence-corrected chi connectivity index (χ4v) is 4.77. The van der Waals surface area contributed by atoms with Gasteiger partial charge in [0.25, 0.3) is 11.5 Å². The zero-order valence-corrected chi connectivity index (χ0v) is 19.8. The number of H-pyrrole nitrogens is 1. The van der Waals surface area contributed by atoms with Crippen molar-refractivity contribution in [2.75, 3.05) is 31.8 Å². The van der Waals surface area contributed by atoms with E-state index in [1.54, 1.807) is 25.3 Å². The first-order valence-electron chi connectivity index (χ1n) is 11.0. The summed E-state index contributed by atoms with van der Waals surface area (Å²) < 4.78 is 16.5. The summed E-state index contributed by atoms with van der Waals surface area (Å²) in [7, 11) is 1.49. The van der Waals surface area contributed by atoms with Gasteiger partial charge in [-0.2, -0.15) is 0 Å². The average Bonchev–Trinajstić information content (AvgIpc) is 3.27. The van der Waals surface area contributed by atoms with Gasteiger partial charge in [-0.25, -0.2) is 0 Å². The highest BCUT2D eigenvalue weighted by Crippen LogP contribution is 2.38. The predicted octanol–water partition coefficient (Wildman–Crippen LogP) is 4.03. The Bertz CT molecular complexity index is 1210. The van der Waals surface area contributed by atoms with Gasteiger partial charge in [0.1, 0.15) is 11.3 Å². The molecule has 4 rings (SSSR count). The molecule has 3 heterocycles. The van der Waals surface area contributed by atoms with Crippen molar-refractivity contribution in [1.82, 2.24) is 10.3 Å². The van der Waals surface area contributed by atoms with Crippen molar-refractivity contribution in [3.05, 3.63) is 56.7 Å². The van der Waals surface area contributed by atoms with Gasteiger partial charge in [0.15, 0.2) is 0 Å². The summed E-state index contributed by atoms with van der Waals surface area (Å²) in [6, 6.07) is 5.60. The molecule has 2 N–H and O–H groups in total. The topological polar surface area (TPSA) is 96.8 Å². The Hall–Kier alpha value is -2.97. The summed E-state index contributed by atoms with van der Waals surface area (Å²) in [6.45, 7) is 5.95. The van der Waals surface area contributed by atoms with Crippen LogP contribution >= 0.6 is 11.6 Å². The van der Waals surface area contributed by atoms with Crippen molar-refractivity contribution in [2.45, 2.75) is 39.3 Å². The van der Waals surface area contributed by atoms with E-state index in [2.05, 4.69) is 22.1 Å². The monoisotopic (exact) mass is 473 g/mol. The van der Waals surface area contributed by atoms with Crippen LogP contribution in [0.3, 0.4) is 0 Å². The quantitative estimate of drug-likeness (QED) is 0.538. The van der Waals surface area contributed by atoms with Crippen LogP contribution in [0.2, 0.25) is 5.02 Å². The van der Waals surface area contributed by atoms with Crippen LogP contribution in [0.1, 0.15) is 41.4 Å². The molecule has 9 heteroatoms. The van der Waals surface area contributed by atoms with E-state index >= 15 is 0 Å². The number of nitrogens with zero attached hydrogens (tertiary/aromatic N) is 1. The molecule has 0 bridgehead atoms. The van der Waals surface area contributed by atoms with Gasteiger partial charge in [0.2, 0.25) is 0 Å². The number of furan rings is 1. The molecule has 1 aromatic carbocycles. The number of hydrogen-bond donors (Lipinski definition) is 2. The van der Waals surface area contributed by atoms with Crippen LogP contribution in [0, 0.1) is 6.92 Å². The van der Waals surface area contributed by atoms with Gasteiger partial charge in [0.05, 0.1) is 41.8 Å². The number of hydrogen-bond acceptors (Lipinski definition) is 6. The van der Waals surface area contributed by atoms with Crippen molar-refractivity contribution in [3.8, 4) is 5.75 Å². The number of aromatic nitrogens is 1. The molecule has 3 aromatic rings. The highest BCUT2D eigenvalue weighted by Gasteiger charge is 2.27. The molecule has 1 aliphatic rings. The fraction of sp³-hybridized carbons (Fsp3) is 0.417. The minimum absolute atomic E-state index is 0.00498. The number of pyridine rings is 1. The molecular weight excluding hydrogens is 446 g/mol. The number of fused-ring (bicyclic) bond motifs is 1. The third-order valence-electron chi connectivity index (χ3n) is 6.06. The number of rotatable bonds is 7. The lowest BCUT2D eigenvalue weighted by molar-refractivity contribution is 0.0846. The highest BCUT2D eigenvalue weighted by atomic mass is 35.5. The summed E-state index contributed by atoms with van der Waals surface area (Å²) in [6.07, 6.45) is 3.32. The molecule has 33 heavy (non-hydrogen) atoms. The number of aromatic amines is 1. The molecule has 0 spiro atoms. The predicted molar refractivity (Wildman–Crippen MR) is 128 cm³/mol. The van der Waals surface area contributed by atoms with E-state index < -0.39 is 5.91 Å².